The molecule has 7 heteroatoms. The van der Waals surface area contributed by atoms with E-state index in [9.17, 15) is 0 Å². The van der Waals surface area contributed by atoms with E-state index in [2.05, 4.69) is 31.9 Å². The Morgan fingerprint density at radius 1 is 1.00 bits per heavy atom. The molecule has 114 valence electrons. The van der Waals surface area contributed by atoms with Crippen LogP contribution in [0.3, 0.4) is 0 Å². The van der Waals surface area contributed by atoms with Crippen molar-refractivity contribution in [2.45, 2.75) is 5.38 Å². The highest BCUT2D eigenvalue weighted by Crippen LogP contribution is 2.48. The third-order valence-electron chi connectivity index (χ3n) is 2.96. The van der Waals surface area contributed by atoms with Crippen molar-refractivity contribution in [3.8, 4) is 17.2 Å². The van der Waals surface area contributed by atoms with E-state index in [4.69, 9.17) is 25.8 Å². The van der Waals surface area contributed by atoms with Crippen molar-refractivity contribution in [3.63, 3.8) is 0 Å². The van der Waals surface area contributed by atoms with Gasteiger partial charge in [0.25, 0.3) is 0 Å². The van der Waals surface area contributed by atoms with Gasteiger partial charge in [-0.2, -0.15) is 0 Å². The van der Waals surface area contributed by atoms with Crippen LogP contribution in [0.15, 0.2) is 25.8 Å². The van der Waals surface area contributed by atoms with Crippen LogP contribution in [0.5, 0.6) is 17.2 Å². The van der Waals surface area contributed by atoms with Crippen LogP contribution >= 0.6 is 54.8 Å². The minimum atomic E-state index is -0.364. The molecule has 2 rings (SSSR count). The van der Waals surface area contributed by atoms with E-state index in [1.54, 1.807) is 32.7 Å². The Labute approximate surface area is 149 Å². The standard InChI is InChI=1S/C14H13Br2ClO3S/c1-18-9-5-4-7(12(19-2)13(9)20-3)11(17)8-6-10(15)21-14(8)16/h4-6,11H,1-3H3. The van der Waals surface area contributed by atoms with Crippen molar-refractivity contribution in [1.29, 1.82) is 0 Å². The molecule has 0 aliphatic carbocycles. The molecule has 0 amide bonds. The highest BCUT2D eigenvalue weighted by Gasteiger charge is 2.24. The van der Waals surface area contributed by atoms with E-state index in [0.717, 1.165) is 18.7 Å². The molecule has 0 fully saturated rings. The van der Waals surface area contributed by atoms with Gasteiger partial charge in [0, 0.05) is 11.1 Å². The molecule has 1 unspecified atom stereocenters. The van der Waals surface area contributed by atoms with Crippen molar-refractivity contribution < 1.29 is 14.2 Å². The highest BCUT2D eigenvalue weighted by molar-refractivity contribution is 9.12. The van der Waals surface area contributed by atoms with Crippen molar-refractivity contribution >= 4 is 54.8 Å². The lowest BCUT2D eigenvalue weighted by Crippen LogP contribution is -2.01. The van der Waals surface area contributed by atoms with Crippen LogP contribution in [0, 0.1) is 0 Å². The number of methoxy groups -OCH3 is 3. The lowest BCUT2D eigenvalue weighted by atomic mass is 10.0. The van der Waals surface area contributed by atoms with Gasteiger partial charge in [0.05, 0.1) is 34.3 Å². The zero-order valence-electron chi connectivity index (χ0n) is 11.6. The predicted octanol–water partition coefficient (Wildman–Crippen LogP) is 5.63. The van der Waals surface area contributed by atoms with E-state index < -0.39 is 0 Å². The fourth-order valence-electron chi connectivity index (χ4n) is 2.02. The van der Waals surface area contributed by atoms with Crippen LogP contribution in [-0.2, 0) is 0 Å². The molecular weight excluding hydrogens is 443 g/mol. The van der Waals surface area contributed by atoms with Gasteiger partial charge in [-0.25, -0.2) is 0 Å². The van der Waals surface area contributed by atoms with Crippen LogP contribution in [0.2, 0.25) is 0 Å². The second-order valence-electron chi connectivity index (χ2n) is 4.07. The molecule has 0 radical (unpaired) electrons. The molecule has 1 atom stereocenters. The van der Waals surface area contributed by atoms with Crippen molar-refractivity contribution in [3.05, 3.63) is 36.9 Å². The van der Waals surface area contributed by atoms with Gasteiger partial charge >= 0.3 is 0 Å². The minimum Gasteiger partial charge on any atom is -0.493 e. The third-order valence-corrected chi connectivity index (χ3v) is 5.82. The summed E-state index contributed by atoms with van der Waals surface area (Å²) >= 11 is 15.2. The number of hydrogen-bond donors (Lipinski definition) is 0. The summed E-state index contributed by atoms with van der Waals surface area (Å²) in [7, 11) is 4.75. The monoisotopic (exact) mass is 454 g/mol. The van der Waals surface area contributed by atoms with E-state index in [1.807, 2.05) is 18.2 Å². The number of hydrogen-bond acceptors (Lipinski definition) is 4. The molecule has 0 saturated heterocycles. The minimum absolute atomic E-state index is 0.364. The lowest BCUT2D eigenvalue weighted by molar-refractivity contribution is 0.322. The fourth-order valence-corrected chi connectivity index (χ4v) is 5.46. The van der Waals surface area contributed by atoms with Crippen LogP contribution in [-0.4, -0.2) is 21.3 Å². The summed E-state index contributed by atoms with van der Waals surface area (Å²) in [6.07, 6.45) is 0. The Kier molecular flexibility index (Phi) is 5.82. The number of thiophene rings is 1. The van der Waals surface area contributed by atoms with E-state index in [0.29, 0.717) is 17.2 Å². The summed E-state index contributed by atoms with van der Waals surface area (Å²) in [5.74, 6) is 1.71. The number of alkyl halides is 1. The highest BCUT2D eigenvalue weighted by atomic mass is 79.9. The molecule has 0 saturated carbocycles. The average Bonchev–Trinajstić information content (AvgIpc) is 2.83. The Bertz CT molecular complexity index is 645. The molecule has 0 bridgehead atoms. The van der Waals surface area contributed by atoms with Gasteiger partial charge in [-0.05, 0) is 50.1 Å². The van der Waals surface area contributed by atoms with E-state index in [1.165, 1.54) is 0 Å². The molecule has 1 heterocycles. The second kappa shape index (κ2) is 7.22. The Morgan fingerprint density at radius 2 is 1.67 bits per heavy atom. The van der Waals surface area contributed by atoms with Crippen LogP contribution in [0.25, 0.3) is 0 Å². The van der Waals surface area contributed by atoms with Gasteiger partial charge in [0.2, 0.25) is 5.75 Å². The Hall–Kier alpha value is -0.430. The summed E-state index contributed by atoms with van der Waals surface area (Å²) in [4.78, 5) is 0. The number of rotatable bonds is 5. The van der Waals surface area contributed by atoms with Gasteiger partial charge in [0.1, 0.15) is 0 Å². The average molecular weight is 457 g/mol. The summed E-state index contributed by atoms with van der Waals surface area (Å²) in [5.41, 5.74) is 1.79. The SMILES string of the molecule is COc1ccc(C(Cl)c2cc(Br)sc2Br)c(OC)c1OC. The van der Waals surface area contributed by atoms with Gasteiger partial charge in [-0.1, -0.05) is 0 Å². The summed E-state index contributed by atoms with van der Waals surface area (Å²) in [5, 5.41) is -0.364. The smallest absolute Gasteiger partial charge is 0.203 e. The summed E-state index contributed by atoms with van der Waals surface area (Å²) in [6, 6.07) is 5.69. The number of halogens is 3. The lowest BCUT2D eigenvalue weighted by Gasteiger charge is -2.18. The van der Waals surface area contributed by atoms with Gasteiger partial charge in [-0.3, -0.25) is 0 Å². The first kappa shape index (κ1) is 16.9. The Balaban J connectivity index is 2.55. The van der Waals surface area contributed by atoms with Crippen LogP contribution < -0.4 is 14.2 Å². The molecule has 1 aromatic heterocycles. The normalized spacial score (nSPS) is 12.1. The molecule has 0 spiro atoms. The second-order valence-corrected chi connectivity index (χ2v) is 8.25. The zero-order valence-corrected chi connectivity index (χ0v) is 16.3. The first-order valence-corrected chi connectivity index (χ1v) is 8.75. The van der Waals surface area contributed by atoms with Gasteiger partial charge < -0.3 is 14.2 Å². The zero-order chi connectivity index (χ0) is 15.6. The maximum Gasteiger partial charge on any atom is 0.203 e. The van der Waals surface area contributed by atoms with Gasteiger partial charge in [0.15, 0.2) is 11.5 Å². The van der Waals surface area contributed by atoms with E-state index >= 15 is 0 Å². The molecule has 21 heavy (non-hydrogen) atoms. The van der Waals surface area contributed by atoms with Crippen molar-refractivity contribution in [2.75, 3.05) is 21.3 Å². The van der Waals surface area contributed by atoms with Gasteiger partial charge in [-0.15, -0.1) is 22.9 Å². The van der Waals surface area contributed by atoms with Crippen molar-refractivity contribution in [1.82, 2.24) is 0 Å². The molecule has 3 nitrogen and oxygen atoms in total. The van der Waals surface area contributed by atoms with Crippen molar-refractivity contribution in [2.24, 2.45) is 0 Å². The number of benzene rings is 1. The van der Waals surface area contributed by atoms with Crippen LogP contribution in [0.4, 0.5) is 0 Å². The largest absolute Gasteiger partial charge is 0.493 e. The molecule has 0 N–H and O–H groups in total. The van der Waals surface area contributed by atoms with Crippen LogP contribution in [0.1, 0.15) is 16.5 Å². The third kappa shape index (κ3) is 3.33. The first-order valence-electron chi connectivity index (χ1n) is 5.91. The first-order chi connectivity index (χ1) is 10.0. The Morgan fingerprint density at radius 3 is 2.14 bits per heavy atom. The molecule has 0 aliphatic heterocycles. The molecule has 2 aromatic rings. The molecule has 1 aromatic carbocycles. The molecular formula is C14H13Br2ClO3S. The fraction of sp³-hybridized carbons (Fsp3) is 0.286. The van der Waals surface area contributed by atoms with E-state index in [-0.39, 0.29) is 5.38 Å². The predicted molar refractivity (Wildman–Crippen MR) is 93.5 cm³/mol. The topological polar surface area (TPSA) is 27.7 Å². The summed E-state index contributed by atoms with van der Waals surface area (Å²) < 4.78 is 18.2. The number of ether oxygens (including phenoxy) is 3. The maximum absolute atomic E-state index is 6.64. The maximum atomic E-state index is 6.64. The summed E-state index contributed by atoms with van der Waals surface area (Å²) in [6.45, 7) is 0. The molecule has 0 aliphatic rings. The quantitative estimate of drug-likeness (QED) is 0.546.